The number of nitrogens with zero attached hydrogens (tertiary/aromatic N) is 2. The quantitative estimate of drug-likeness (QED) is 0.293. The molecule has 4 aromatic rings. The smallest absolute Gasteiger partial charge is 0.419 e. The molecule has 0 saturated heterocycles. The van der Waals surface area contributed by atoms with Gasteiger partial charge in [-0.15, -0.1) is 0 Å². The van der Waals surface area contributed by atoms with Crippen LogP contribution >= 0.6 is 0 Å². The van der Waals surface area contributed by atoms with Gasteiger partial charge in [0.25, 0.3) is 5.91 Å². The number of carbonyl (C=O) groups is 3. The number of hydrogen-bond donors (Lipinski definition) is 1. The second-order valence-electron chi connectivity index (χ2n) is 10.4. The Balaban J connectivity index is 1.54. The Morgan fingerprint density at radius 2 is 1.73 bits per heavy atom. The number of aromatic nitrogens is 1. The number of hydrogen-bond acceptors (Lipinski definition) is 5. The number of benzene rings is 3. The van der Waals surface area contributed by atoms with Crippen LogP contribution < -0.4 is 9.64 Å². The lowest BCUT2D eigenvalue weighted by Gasteiger charge is -2.29. The highest BCUT2D eigenvalue weighted by Crippen LogP contribution is 2.41. The van der Waals surface area contributed by atoms with E-state index in [1.54, 1.807) is 26.1 Å². The Bertz CT molecular complexity index is 1660. The predicted molar refractivity (Wildman–Crippen MR) is 154 cm³/mol. The molecule has 1 aliphatic rings. The average molecular weight is 556 g/mol. The molecule has 0 atom stereocenters. The first-order valence-electron chi connectivity index (χ1n) is 13.2. The molecule has 210 valence electrons. The summed E-state index contributed by atoms with van der Waals surface area (Å²) in [6.07, 6.45) is 0.939. The second-order valence-corrected chi connectivity index (χ2v) is 10.4. The molecular weight excluding hydrogens is 525 g/mol. The van der Waals surface area contributed by atoms with Gasteiger partial charge in [0.15, 0.2) is 0 Å². The zero-order valence-electron chi connectivity index (χ0n) is 23.2. The molecule has 0 saturated carbocycles. The van der Waals surface area contributed by atoms with Crippen LogP contribution in [0, 0.1) is 5.82 Å². The molecule has 0 spiro atoms. The van der Waals surface area contributed by atoms with Crippen molar-refractivity contribution in [3.05, 3.63) is 102 Å². The fourth-order valence-corrected chi connectivity index (χ4v) is 5.09. The van der Waals surface area contributed by atoms with Crippen LogP contribution in [0.15, 0.2) is 79.0 Å². The summed E-state index contributed by atoms with van der Waals surface area (Å²) in [7, 11) is 1.63. The first kappa shape index (κ1) is 27.6. The fourth-order valence-electron chi connectivity index (χ4n) is 5.09. The summed E-state index contributed by atoms with van der Waals surface area (Å²) in [5, 5.41) is 0.812. The standard InChI is InChI=1S/C32H30FN3O5/c1-5-40-30(38)25-18-36(29(37)20-11-13-21(33)14-12-20)19-32(2,3)27-24-16-15-23(17-26(24)34-28(25)27)41-31(39)35(4)22-9-7-6-8-10-22/h6-18,34H,5,19H2,1-4H3. The van der Waals surface area contributed by atoms with Crippen LogP contribution in [0.3, 0.4) is 0 Å². The maximum atomic E-state index is 13.5. The van der Waals surface area contributed by atoms with E-state index in [1.807, 2.05) is 50.2 Å². The first-order chi connectivity index (χ1) is 19.6. The van der Waals surface area contributed by atoms with Gasteiger partial charge in [-0.3, -0.25) is 9.69 Å². The van der Waals surface area contributed by atoms with E-state index in [0.29, 0.717) is 28.2 Å². The summed E-state index contributed by atoms with van der Waals surface area (Å²) in [5.74, 6) is -1.08. The third-order valence-electron chi connectivity index (χ3n) is 7.04. The maximum absolute atomic E-state index is 13.5. The van der Waals surface area contributed by atoms with Crippen LogP contribution in [-0.2, 0) is 14.9 Å². The van der Waals surface area contributed by atoms with Gasteiger partial charge in [0.2, 0.25) is 0 Å². The van der Waals surface area contributed by atoms with Crippen molar-refractivity contribution in [3.63, 3.8) is 0 Å². The Labute approximate surface area is 237 Å². The van der Waals surface area contributed by atoms with Crippen molar-refractivity contribution in [2.45, 2.75) is 26.2 Å². The van der Waals surface area contributed by atoms with Gasteiger partial charge in [0, 0.05) is 53.4 Å². The number of fused-ring (bicyclic) bond motifs is 3. The molecule has 1 aliphatic heterocycles. The highest BCUT2D eigenvalue weighted by molar-refractivity contribution is 6.18. The Morgan fingerprint density at radius 1 is 1.02 bits per heavy atom. The van der Waals surface area contributed by atoms with Crippen LogP contribution in [0.4, 0.5) is 14.9 Å². The summed E-state index contributed by atoms with van der Waals surface area (Å²) in [6, 6.07) is 19.7. The summed E-state index contributed by atoms with van der Waals surface area (Å²) >= 11 is 0. The summed E-state index contributed by atoms with van der Waals surface area (Å²) in [5.41, 5.74) is 2.54. The molecule has 2 amide bonds. The summed E-state index contributed by atoms with van der Waals surface area (Å²) < 4.78 is 24.5. The van der Waals surface area contributed by atoms with Gasteiger partial charge in [-0.1, -0.05) is 32.0 Å². The van der Waals surface area contributed by atoms with E-state index in [9.17, 15) is 18.8 Å². The number of ether oxygens (including phenoxy) is 2. The molecule has 0 bridgehead atoms. The number of para-hydroxylation sites is 1. The fraction of sp³-hybridized carbons (Fsp3) is 0.219. The van der Waals surface area contributed by atoms with Crippen molar-refractivity contribution >= 4 is 40.1 Å². The third-order valence-corrected chi connectivity index (χ3v) is 7.04. The lowest BCUT2D eigenvalue weighted by Crippen LogP contribution is -2.37. The number of nitrogens with one attached hydrogen (secondary N) is 1. The molecule has 8 nitrogen and oxygen atoms in total. The van der Waals surface area contributed by atoms with Gasteiger partial charge in [0.05, 0.1) is 17.9 Å². The van der Waals surface area contributed by atoms with E-state index in [2.05, 4.69) is 4.98 Å². The van der Waals surface area contributed by atoms with E-state index in [4.69, 9.17) is 9.47 Å². The second kappa shape index (κ2) is 10.9. The number of carbonyl (C=O) groups excluding carboxylic acids is 3. The van der Waals surface area contributed by atoms with Crippen molar-refractivity contribution in [2.24, 2.45) is 0 Å². The minimum Gasteiger partial charge on any atom is -0.462 e. The van der Waals surface area contributed by atoms with Gasteiger partial charge >= 0.3 is 12.1 Å². The van der Waals surface area contributed by atoms with E-state index < -0.39 is 23.3 Å². The van der Waals surface area contributed by atoms with Crippen molar-refractivity contribution in [2.75, 3.05) is 25.1 Å². The van der Waals surface area contributed by atoms with Gasteiger partial charge in [0.1, 0.15) is 11.6 Å². The number of amides is 2. The molecule has 1 N–H and O–H groups in total. The SMILES string of the molecule is CCOC(=O)C1=CN(C(=O)c2ccc(F)cc2)CC(C)(C)c2c1[nH]c1cc(OC(=O)N(C)c3ccccc3)ccc21. The molecule has 0 aliphatic carbocycles. The number of anilines is 1. The summed E-state index contributed by atoms with van der Waals surface area (Å²) in [4.78, 5) is 45.7. The average Bonchev–Trinajstić information content (AvgIpc) is 3.29. The lowest BCUT2D eigenvalue weighted by atomic mass is 9.81. The topological polar surface area (TPSA) is 91.9 Å². The van der Waals surface area contributed by atoms with Crippen molar-refractivity contribution in [1.82, 2.24) is 9.88 Å². The Hall–Kier alpha value is -4.92. The molecule has 5 rings (SSSR count). The monoisotopic (exact) mass is 555 g/mol. The summed E-state index contributed by atoms with van der Waals surface area (Å²) in [6.45, 7) is 6.06. The van der Waals surface area contributed by atoms with Crippen molar-refractivity contribution in [3.8, 4) is 5.75 Å². The zero-order chi connectivity index (χ0) is 29.3. The Kier molecular flexibility index (Phi) is 7.36. The van der Waals surface area contributed by atoms with Crippen LogP contribution in [0.2, 0.25) is 0 Å². The molecule has 0 unspecified atom stereocenters. The number of esters is 1. The van der Waals surface area contributed by atoms with Crippen LogP contribution in [0.5, 0.6) is 5.75 Å². The molecular formula is C32H30FN3O5. The highest BCUT2D eigenvalue weighted by Gasteiger charge is 2.37. The van der Waals surface area contributed by atoms with E-state index >= 15 is 0 Å². The third kappa shape index (κ3) is 5.43. The minimum atomic E-state index is -0.625. The largest absolute Gasteiger partial charge is 0.462 e. The van der Waals surface area contributed by atoms with Gasteiger partial charge in [-0.25, -0.2) is 14.0 Å². The molecule has 41 heavy (non-hydrogen) atoms. The van der Waals surface area contributed by atoms with Crippen molar-refractivity contribution < 1.29 is 28.2 Å². The molecule has 0 fully saturated rings. The zero-order valence-corrected chi connectivity index (χ0v) is 23.2. The Morgan fingerprint density at radius 3 is 2.41 bits per heavy atom. The normalized spacial score (nSPS) is 14.1. The van der Waals surface area contributed by atoms with Gasteiger partial charge in [-0.2, -0.15) is 0 Å². The number of rotatable bonds is 5. The van der Waals surface area contributed by atoms with E-state index in [-0.39, 0.29) is 24.6 Å². The lowest BCUT2D eigenvalue weighted by molar-refractivity contribution is -0.136. The highest BCUT2D eigenvalue weighted by atomic mass is 19.1. The molecule has 0 radical (unpaired) electrons. The van der Waals surface area contributed by atoms with Gasteiger partial charge < -0.3 is 19.4 Å². The number of H-pyrrole nitrogens is 1. The van der Waals surface area contributed by atoms with E-state index in [1.165, 1.54) is 40.3 Å². The van der Waals surface area contributed by atoms with Crippen molar-refractivity contribution in [1.29, 1.82) is 0 Å². The minimum absolute atomic E-state index is 0.149. The molecule has 1 aromatic heterocycles. The number of aromatic amines is 1. The predicted octanol–water partition coefficient (Wildman–Crippen LogP) is 6.28. The van der Waals surface area contributed by atoms with Crippen LogP contribution in [0.1, 0.15) is 42.4 Å². The molecule has 3 aromatic carbocycles. The number of halogens is 1. The maximum Gasteiger partial charge on any atom is 0.419 e. The van der Waals surface area contributed by atoms with E-state index in [0.717, 1.165) is 10.9 Å². The molecule has 2 heterocycles. The van der Waals surface area contributed by atoms with Crippen LogP contribution in [-0.4, -0.2) is 48.1 Å². The van der Waals surface area contributed by atoms with Crippen LogP contribution in [0.25, 0.3) is 16.5 Å². The molecule has 9 heteroatoms. The first-order valence-corrected chi connectivity index (χ1v) is 13.2. The van der Waals surface area contributed by atoms with Gasteiger partial charge in [-0.05, 0) is 61.0 Å².